The first-order chi connectivity index (χ1) is 10.8. The van der Waals surface area contributed by atoms with E-state index in [1.807, 2.05) is 19.9 Å². The van der Waals surface area contributed by atoms with Gasteiger partial charge in [-0.3, -0.25) is 0 Å². The monoisotopic (exact) mass is 360 g/mol. The molecule has 1 aromatic carbocycles. The number of hydrogen-bond acceptors (Lipinski definition) is 4. The minimum Gasteiger partial charge on any atom is -0.381 e. The zero-order valence-electron chi connectivity index (χ0n) is 13.8. The average Bonchev–Trinajstić information content (AvgIpc) is 2.54. The second kappa shape index (κ2) is 7.49. The van der Waals surface area contributed by atoms with Crippen LogP contribution in [0.1, 0.15) is 38.2 Å². The van der Waals surface area contributed by atoms with Crippen LogP contribution in [0.3, 0.4) is 0 Å². The number of hydrogen-bond donors (Lipinski definition) is 1. The number of nitrogens with two attached hydrogens (primary N) is 1. The molecule has 1 aromatic rings. The summed E-state index contributed by atoms with van der Waals surface area (Å²) >= 11 is 6.19. The van der Waals surface area contributed by atoms with Crippen LogP contribution in [0.25, 0.3) is 0 Å². The molecule has 7 heteroatoms. The Labute approximate surface area is 143 Å². The van der Waals surface area contributed by atoms with Gasteiger partial charge in [0.15, 0.2) is 0 Å². The molecule has 0 aromatic heterocycles. The van der Waals surface area contributed by atoms with Gasteiger partial charge in [0, 0.05) is 26.2 Å². The fourth-order valence-electron chi connectivity index (χ4n) is 2.94. The van der Waals surface area contributed by atoms with Crippen molar-refractivity contribution in [2.45, 2.75) is 49.6 Å². The Kier molecular flexibility index (Phi) is 6.08. The van der Waals surface area contributed by atoms with Gasteiger partial charge in [0.05, 0.1) is 11.1 Å². The summed E-state index contributed by atoms with van der Waals surface area (Å²) in [6, 6.07) is 4.93. The van der Waals surface area contributed by atoms with Crippen LogP contribution in [0.2, 0.25) is 5.02 Å². The Morgan fingerprint density at radius 3 is 2.70 bits per heavy atom. The molecule has 0 saturated carbocycles. The Balaban J connectivity index is 2.39. The van der Waals surface area contributed by atoms with Gasteiger partial charge in [-0.25, -0.2) is 8.42 Å². The Bertz CT molecular complexity index is 649. The van der Waals surface area contributed by atoms with Crippen LogP contribution in [-0.4, -0.2) is 45.1 Å². The second-order valence-corrected chi connectivity index (χ2v) is 8.50. The van der Waals surface area contributed by atoms with Gasteiger partial charge in [0.1, 0.15) is 4.90 Å². The molecule has 1 fully saturated rings. The molecule has 2 rings (SSSR count). The van der Waals surface area contributed by atoms with Crippen molar-refractivity contribution in [1.82, 2.24) is 4.31 Å². The fraction of sp³-hybridized carbons (Fsp3) is 0.625. The third-order valence-electron chi connectivity index (χ3n) is 4.43. The molecule has 1 saturated heterocycles. The molecule has 2 unspecified atom stereocenters. The molecule has 0 amide bonds. The Hall–Kier alpha value is -0.660. The van der Waals surface area contributed by atoms with Gasteiger partial charge in [0.25, 0.3) is 0 Å². The molecule has 1 heterocycles. The maximum absolute atomic E-state index is 13.1. The van der Waals surface area contributed by atoms with Crippen LogP contribution < -0.4 is 5.73 Å². The van der Waals surface area contributed by atoms with Crippen LogP contribution in [0.5, 0.6) is 0 Å². The molecule has 23 heavy (non-hydrogen) atoms. The third kappa shape index (κ3) is 3.88. The zero-order valence-corrected chi connectivity index (χ0v) is 15.4. The number of piperidine rings is 1. The van der Waals surface area contributed by atoms with Gasteiger partial charge in [0.2, 0.25) is 10.0 Å². The molecule has 0 radical (unpaired) electrons. The summed E-state index contributed by atoms with van der Waals surface area (Å²) in [5, 5.41) is 0.249. The van der Waals surface area contributed by atoms with Crippen LogP contribution >= 0.6 is 11.6 Å². The van der Waals surface area contributed by atoms with E-state index in [1.165, 1.54) is 4.31 Å². The van der Waals surface area contributed by atoms with Crippen LogP contribution in [0.4, 0.5) is 0 Å². The first-order valence-corrected chi connectivity index (χ1v) is 9.67. The summed E-state index contributed by atoms with van der Waals surface area (Å²) in [6.07, 6.45) is 1.31. The van der Waals surface area contributed by atoms with Gasteiger partial charge in [-0.1, -0.05) is 31.5 Å². The summed E-state index contributed by atoms with van der Waals surface area (Å²) in [5.74, 6) is 0.228. The summed E-state index contributed by atoms with van der Waals surface area (Å²) in [6.45, 7) is 4.70. The smallest absolute Gasteiger partial charge is 0.244 e. The van der Waals surface area contributed by atoms with E-state index >= 15 is 0 Å². The highest BCUT2D eigenvalue weighted by Crippen LogP contribution is 2.32. The van der Waals surface area contributed by atoms with E-state index in [2.05, 4.69) is 0 Å². The number of halogens is 1. The van der Waals surface area contributed by atoms with E-state index in [1.54, 1.807) is 19.2 Å². The first kappa shape index (κ1) is 18.7. The maximum atomic E-state index is 13.1. The average molecular weight is 361 g/mol. The lowest BCUT2D eigenvalue weighted by Crippen LogP contribution is -2.51. The molecule has 5 nitrogen and oxygen atoms in total. The van der Waals surface area contributed by atoms with Crippen molar-refractivity contribution in [2.24, 2.45) is 5.73 Å². The highest BCUT2D eigenvalue weighted by molar-refractivity contribution is 7.89. The van der Waals surface area contributed by atoms with Crippen molar-refractivity contribution in [3.63, 3.8) is 0 Å². The maximum Gasteiger partial charge on any atom is 0.244 e. The number of nitrogens with zero attached hydrogens (tertiary/aromatic N) is 1. The minimum absolute atomic E-state index is 0.0486. The van der Waals surface area contributed by atoms with E-state index < -0.39 is 10.0 Å². The van der Waals surface area contributed by atoms with E-state index in [-0.39, 0.29) is 34.5 Å². The highest BCUT2D eigenvalue weighted by Gasteiger charge is 2.37. The Morgan fingerprint density at radius 1 is 1.43 bits per heavy atom. The van der Waals surface area contributed by atoms with Crippen molar-refractivity contribution < 1.29 is 13.2 Å². The van der Waals surface area contributed by atoms with Crippen LogP contribution in [0.15, 0.2) is 23.1 Å². The normalized spacial score (nSPS) is 23.4. The van der Waals surface area contributed by atoms with Crippen molar-refractivity contribution in [3.05, 3.63) is 28.8 Å². The van der Waals surface area contributed by atoms with Gasteiger partial charge in [-0.2, -0.15) is 4.31 Å². The SMILES string of the molecule is COC1CCN(S(=O)(=O)c2cc(C(C)C)ccc2Cl)C(CN)C1. The second-order valence-electron chi connectivity index (χ2n) is 6.23. The molecule has 0 bridgehead atoms. The van der Waals surface area contributed by atoms with E-state index in [9.17, 15) is 8.42 Å². The topological polar surface area (TPSA) is 72.6 Å². The summed E-state index contributed by atoms with van der Waals surface area (Å²) in [4.78, 5) is 0.166. The van der Waals surface area contributed by atoms with Crippen molar-refractivity contribution >= 4 is 21.6 Å². The van der Waals surface area contributed by atoms with Crippen LogP contribution in [-0.2, 0) is 14.8 Å². The third-order valence-corrected chi connectivity index (χ3v) is 6.86. The first-order valence-electron chi connectivity index (χ1n) is 7.85. The highest BCUT2D eigenvalue weighted by atomic mass is 35.5. The predicted octanol–water partition coefficient (Wildman–Crippen LogP) is 2.59. The fourth-order valence-corrected chi connectivity index (χ4v) is 5.11. The molecule has 1 aliphatic heterocycles. The number of methoxy groups -OCH3 is 1. The van der Waals surface area contributed by atoms with Crippen molar-refractivity contribution in [2.75, 3.05) is 20.2 Å². The Morgan fingerprint density at radius 2 is 2.13 bits per heavy atom. The molecule has 0 spiro atoms. The summed E-state index contributed by atoms with van der Waals surface area (Å²) in [7, 11) is -2.03. The standard InChI is InChI=1S/C16H25ClN2O3S/c1-11(2)12-4-5-15(17)16(8-12)23(20,21)19-7-6-14(22-3)9-13(19)10-18/h4-5,8,11,13-14H,6-7,9-10,18H2,1-3H3. The number of ether oxygens (including phenoxy) is 1. The quantitative estimate of drug-likeness (QED) is 0.875. The molecule has 2 atom stereocenters. The zero-order chi connectivity index (χ0) is 17.2. The summed E-state index contributed by atoms with van der Waals surface area (Å²) in [5.41, 5.74) is 6.76. The molecular weight excluding hydrogens is 336 g/mol. The lowest BCUT2D eigenvalue weighted by molar-refractivity contribution is 0.0401. The van der Waals surface area contributed by atoms with E-state index in [0.717, 1.165) is 5.56 Å². The number of benzene rings is 1. The van der Waals surface area contributed by atoms with Gasteiger partial charge in [-0.15, -0.1) is 0 Å². The van der Waals surface area contributed by atoms with Gasteiger partial charge < -0.3 is 10.5 Å². The molecular formula is C16H25ClN2O3S. The molecule has 130 valence electrons. The minimum atomic E-state index is -3.68. The largest absolute Gasteiger partial charge is 0.381 e. The lowest BCUT2D eigenvalue weighted by Gasteiger charge is -2.37. The van der Waals surface area contributed by atoms with Crippen molar-refractivity contribution in [1.29, 1.82) is 0 Å². The van der Waals surface area contributed by atoms with Gasteiger partial charge >= 0.3 is 0 Å². The van der Waals surface area contributed by atoms with E-state index in [0.29, 0.717) is 19.4 Å². The van der Waals surface area contributed by atoms with E-state index in [4.69, 9.17) is 22.1 Å². The molecule has 2 N–H and O–H groups in total. The van der Waals surface area contributed by atoms with Crippen LogP contribution in [0, 0.1) is 0 Å². The molecule has 1 aliphatic rings. The number of sulfonamides is 1. The molecule has 0 aliphatic carbocycles. The summed E-state index contributed by atoms with van der Waals surface area (Å²) < 4.78 is 33.0. The number of rotatable bonds is 5. The lowest BCUT2D eigenvalue weighted by atomic mass is 10.0. The predicted molar refractivity (Wildman–Crippen MR) is 92.3 cm³/mol. The van der Waals surface area contributed by atoms with Crippen molar-refractivity contribution in [3.8, 4) is 0 Å². The van der Waals surface area contributed by atoms with Gasteiger partial charge in [-0.05, 0) is 36.5 Å².